The van der Waals surface area contributed by atoms with Gasteiger partial charge in [0, 0.05) is 25.2 Å². The molecule has 0 aromatic heterocycles. The molecule has 0 radical (unpaired) electrons. The van der Waals surface area contributed by atoms with E-state index in [-0.39, 0.29) is 11.9 Å². The third kappa shape index (κ3) is 5.82. The standard InChI is InChI=1S/C29H29IN2O6/c1-34-20-6-8-21(9-7-20)38-26-11-10-22(15-24(26)30)36-13-4-14-37-28-17-25-23(16-27(28)35-2)29(33)32-12-3-5-19(32)18-31-25/h6-11,15-19H,3-5,12-14H2,1-2H3/t19-/m0/s1. The molecule has 0 saturated carbocycles. The first kappa shape index (κ1) is 26.1. The number of hydrogen-bond acceptors (Lipinski definition) is 7. The molecule has 1 fully saturated rings. The Kier molecular flexibility index (Phi) is 8.21. The summed E-state index contributed by atoms with van der Waals surface area (Å²) in [5, 5.41) is 0. The molecule has 3 aromatic carbocycles. The zero-order valence-corrected chi connectivity index (χ0v) is 23.5. The molecule has 0 aliphatic carbocycles. The molecule has 5 rings (SSSR count). The second kappa shape index (κ2) is 11.9. The average molecular weight is 628 g/mol. The van der Waals surface area contributed by atoms with Gasteiger partial charge in [-0.1, -0.05) is 0 Å². The molecule has 3 aromatic rings. The van der Waals surface area contributed by atoms with Crippen LogP contribution in [0.25, 0.3) is 0 Å². The van der Waals surface area contributed by atoms with Gasteiger partial charge in [0.05, 0.1) is 48.3 Å². The number of halogens is 1. The summed E-state index contributed by atoms with van der Waals surface area (Å²) < 4.78 is 29.5. The monoisotopic (exact) mass is 628 g/mol. The molecule has 8 nitrogen and oxygen atoms in total. The van der Waals surface area contributed by atoms with E-state index in [1.807, 2.05) is 53.6 Å². The van der Waals surface area contributed by atoms with Crippen LogP contribution >= 0.6 is 22.6 Å². The zero-order chi connectivity index (χ0) is 26.5. The second-order valence-corrected chi connectivity index (χ2v) is 10.1. The van der Waals surface area contributed by atoms with Crippen LogP contribution in [0.5, 0.6) is 34.5 Å². The second-order valence-electron chi connectivity index (χ2n) is 8.93. The summed E-state index contributed by atoms with van der Waals surface area (Å²) in [4.78, 5) is 19.5. The van der Waals surface area contributed by atoms with Gasteiger partial charge in [-0.25, -0.2) is 0 Å². The van der Waals surface area contributed by atoms with E-state index in [2.05, 4.69) is 27.6 Å². The van der Waals surface area contributed by atoms with E-state index in [9.17, 15) is 4.79 Å². The Morgan fingerprint density at radius 2 is 1.66 bits per heavy atom. The van der Waals surface area contributed by atoms with Gasteiger partial charge in [0.2, 0.25) is 0 Å². The van der Waals surface area contributed by atoms with Crippen molar-refractivity contribution in [2.75, 3.05) is 34.0 Å². The number of amides is 1. The molecule has 9 heteroatoms. The van der Waals surface area contributed by atoms with E-state index >= 15 is 0 Å². The predicted octanol–water partition coefficient (Wildman–Crippen LogP) is 6.27. The summed E-state index contributed by atoms with van der Waals surface area (Å²) in [6, 6.07) is 16.8. The highest BCUT2D eigenvalue weighted by molar-refractivity contribution is 14.1. The molecule has 2 aliphatic rings. The Balaban J connectivity index is 1.14. The minimum Gasteiger partial charge on any atom is -0.497 e. The number of hydrogen-bond donors (Lipinski definition) is 0. The number of fused-ring (bicyclic) bond motifs is 2. The van der Waals surface area contributed by atoms with Gasteiger partial charge in [0.25, 0.3) is 5.91 Å². The summed E-state index contributed by atoms with van der Waals surface area (Å²) in [5.74, 6) is 4.10. The van der Waals surface area contributed by atoms with Crippen molar-refractivity contribution < 1.29 is 28.5 Å². The summed E-state index contributed by atoms with van der Waals surface area (Å²) >= 11 is 2.23. The number of carbonyl (C=O) groups excluding carboxylic acids is 1. The Bertz CT molecular complexity index is 1330. The van der Waals surface area contributed by atoms with Crippen molar-refractivity contribution in [2.45, 2.75) is 25.3 Å². The minimum atomic E-state index is -0.00620. The summed E-state index contributed by atoms with van der Waals surface area (Å²) in [6.45, 7) is 1.67. The molecular weight excluding hydrogens is 599 g/mol. The molecule has 0 bridgehead atoms. The molecule has 1 amide bonds. The van der Waals surface area contributed by atoms with Crippen molar-refractivity contribution in [3.05, 3.63) is 63.7 Å². The topological polar surface area (TPSA) is 78.8 Å². The zero-order valence-electron chi connectivity index (χ0n) is 21.3. The van der Waals surface area contributed by atoms with Crippen LogP contribution in [-0.4, -0.2) is 57.0 Å². The molecule has 38 heavy (non-hydrogen) atoms. The maximum atomic E-state index is 13.0. The fourth-order valence-electron chi connectivity index (χ4n) is 4.48. The number of ether oxygens (including phenoxy) is 5. The van der Waals surface area contributed by atoms with E-state index in [0.29, 0.717) is 42.4 Å². The Morgan fingerprint density at radius 1 is 0.895 bits per heavy atom. The minimum absolute atomic E-state index is 0.00620. The number of methoxy groups -OCH3 is 2. The molecule has 0 spiro atoms. The lowest BCUT2D eigenvalue weighted by atomic mass is 10.1. The van der Waals surface area contributed by atoms with E-state index in [4.69, 9.17) is 23.7 Å². The van der Waals surface area contributed by atoms with Gasteiger partial charge in [-0.05, 0) is 84.0 Å². The quantitative estimate of drug-likeness (QED) is 0.195. The number of aliphatic imine (C=N–C) groups is 1. The van der Waals surface area contributed by atoms with Crippen LogP contribution in [0.3, 0.4) is 0 Å². The van der Waals surface area contributed by atoms with Crippen LogP contribution in [0, 0.1) is 3.57 Å². The van der Waals surface area contributed by atoms with Gasteiger partial charge >= 0.3 is 0 Å². The Morgan fingerprint density at radius 3 is 2.42 bits per heavy atom. The van der Waals surface area contributed by atoms with E-state index < -0.39 is 0 Å². The van der Waals surface area contributed by atoms with Gasteiger partial charge in [0.1, 0.15) is 23.0 Å². The van der Waals surface area contributed by atoms with Gasteiger partial charge in [-0.15, -0.1) is 0 Å². The van der Waals surface area contributed by atoms with Gasteiger partial charge in [-0.3, -0.25) is 9.79 Å². The van der Waals surface area contributed by atoms with Crippen LogP contribution in [0.1, 0.15) is 29.6 Å². The first-order valence-corrected chi connectivity index (χ1v) is 13.6. The fourth-order valence-corrected chi connectivity index (χ4v) is 5.07. The lowest BCUT2D eigenvalue weighted by molar-refractivity contribution is 0.0774. The third-order valence-electron chi connectivity index (χ3n) is 6.46. The largest absolute Gasteiger partial charge is 0.497 e. The Labute approximate surface area is 235 Å². The molecule has 0 unspecified atom stereocenters. The van der Waals surface area contributed by atoms with Crippen LogP contribution < -0.4 is 23.7 Å². The predicted molar refractivity (Wildman–Crippen MR) is 153 cm³/mol. The number of carbonyl (C=O) groups is 1. The van der Waals surface area contributed by atoms with Crippen LogP contribution in [0.15, 0.2) is 59.6 Å². The van der Waals surface area contributed by atoms with Crippen LogP contribution in [0.4, 0.5) is 5.69 Å². The highest BCUT2D eigenvalue weighted by atomic mass is 127. The number of rotatable bonds is 10. The van der Waals surface area contributed by atoms with Crippen LogP contribution in [-0.2, 0) is 0 Å². The van der Waals surface area contributed by atoms with Crippen molar-refractivity contribution in [1.82, 2.24) is 4.90 Å². The highest BCUT2D eigenvalue weighted by Gasteiger charge is 2.32. The molecular formula is C29H29IN2O6. The van der Waals surface area contributed by atoms with E-state index in [1.54, 1.807) is 26.4 Å². The SMILES string of the molecule is COc1ccc(Oc2ccc(OCCCOc3cc4c(cc3OC)C(=O)N3CCC[C@H]3C=N4)cc2I)cc1. The molecule has 1 saturated heterocycles. The van der Waals surface area contributed by atoms with Crippen molar-refractivity contribution in [1.29, 1.82) is 0 Å². The smallest absolute Gasteiger partial charge is 0.256 e. The number of nitrogens with zero attached hydrogens (tertiary/aromatic N) is 2. The Hall–Kier alpha value is -3.47. The lowest BCUT2D eigenvalue weighted by Crippen LogP contribution is -2.35. The first-order chi connectivity index (χ1) is 18.6. The molecule has 1 atom stereocenters. The van der Waals surface area contributed by atoms with Crippen molar-refractivity contribution in [2.24, 2.45) is 4.99 Å². The highest BCUT2D eigenvalue weighted by Crippen LogP contribution is 2.38. The molecule has 0 N–H and O–H groups in total. The van der Waals surface area contributed by atoms with Crippen LogP contribution in [0.2, 0.25) is 0 Å². The van der Waals surface area contributed by atoms with Crippen molar-refractivity contribution >= 4 is 40.4 Å². The fraction of sp³-hybridized carbons (Fsp3) is 0.310. The summed E-state index contributed by atoms with van der Waals surface area (Å²) in [7, 11) is 3.21. The van der Waals surface area contributed by atoms with Gasteiger partial charge in [-0.2, -0.15) is 0 Å². The molecule has 2 aliphatic heterocycles. The first-order valence-electron chi connectivity index (χ1n) is 12.5. The lowest BCUT2D eigenvalue weighted by Gasteiger charge is -2.20. The van der Waals surface area contributed by atoms with E-state index in [1.165, 1.54) is 0 Å². The van der Waals surface area contributed by atoms with Crippen molar-refractivity contribution in [3.63, 3.8) is 0 Å². The van der Waals surface area contributed by atoms with E-state index in [0.717, 1.165) is 46.0 Å². The number of benzene rings is 3. The summed E-state index contributed by atoms with van der Waals surface area (Å²) in [6.07, 6.45) is 4.48. The maximum Gasteiger partial charge on any atom is 0.256 e. The van der Waals surface area contributed by atoms with Gasteiger partial charge < -0.3 is 28.6 Å². The normalized spacial score (nSPS) is 15.9. The average Bonchev–Trinajstić information content (AvgIpc) is 3.37. The van der Waals surface area contributed by atoms with Gasteiger partial charge in [0.15, 0.2) is 11.5 Å². The summed E-state index contributed by atoms with van der Waals surface area (Å²) in [5.41, 5.74) is 1.16. The van der Waals surface area contributed by atoms with Crippen molar-refractivity contribution in [3.8, 4) is 34.5 Å². The molecule has 198 valence electrons. The molecule has 2 heterocycles. The third-order valence-corrected chi connectivity index (χ3v) is 7.31. The maximum absolute atomic E-state index is 13.0.